The van der Waals surface area contributed by atoms with E-state index in [2.05, 4.69) is 15.9 Å². The van der Waals surface area contributed by atoms with E-state index >= 15 is 0 Å². The second-order valence-corrected chi connectivity index (χ2v) is 8.49. The lowest BCUT2D eigenvalue weighted by molar-refractivity contribution is -0.159. The second-order valence-electron chi connectivity index (χ2n) is 7.63. The minimum Gasteiger partial charge on any atom is -0.481 e. The summed E-state index contributed by atoms with van der Waals surface area (Å²) in [4.78, 5) is 24.6. The molecule has 4 rings (SSSR count). The van der Waals surface area contributed by atoms with Gasteiger partial charge in [-0.3, -0.25) is 9.59 Å². The molecule has 0 bridgehead atoms. The van der Waals surface area contributed by atoms with Crippen LogP contribution in [-0.4, -0.2) is 29.7 Å². The third kappa shape index (κ3) is 4.27. The molecule has 2 atom stereocenters. The SMILES string of the molecule is NC(Cc1ccccc1Br)[C@H](C(=O)O)C(=O)OCC1c2ccccc2-c2ccccc21. The first kappa shape index (κ1) is 21.3. The number of hydrogen-bond acceptors (Lipinski definition) is 4. The Morgan fingerprint density at radius 1 is 0.935 bits per heavy atom. The van der Waals surface area contributed by atoms with Crippen LogP contribution in [0.1, 0.15) is 22.6 Å². The van der Waals surface area contributed by atoms with Crippen molar-refractivity contribution in [2.45, 2.75) is 18.4 Å². The number of benzene rings is 3. The normalized spacial score (nSPS) is 14.4. The van der Waals surface area contributed by atoms with E-state index in [1.54, 1.807) is 0 Å². The summed E-state index contributed by atoms with van der Waals surface area (Å²) < 4.78 is 6.36. The fourth-order valence-corrected chi connectivity index (χ4v) is 4.64. The van der Waals surface area contributed by atoms with Gasteiger partial charge in [0, 0.05) is 16.4 Å². The Bertz CT molecular complexity index is 1080. The van der Waals surface area contributed by atoms with Gasteiger partial charge in [-0.25, -0.2) is 0 Å². The van der Waals surface area contributed by atoms with Crippen molar-refractivity contribution in [2.24, 2.45) is 11.7 Å². The molecule has 3 aromatic rings. The third-order valence-corrected chi connectivity index (χ3v) is 6.49. The standard InChI is InChI=1S/C25H22BrNO4/c26-21-12-6-1-7-15(21)13-22(27)23(24(28)29)25(30)31-14-20-18-10-4-2-8-16(18)17-9-3-5-11-19(17)20/h1-12,20,22-23H,13-14,27H2,(H,28,29)/t22?,23-/m1/s1. The first-order valence-electron chi connectivity index (χ1n) is 10.0. The van der Waals surface area contributed by atoms with Gasteiger partial charge in [-0.15, -0.1) is 0 Å². The number of carbonyl (C=O) groups excluding carboxylic acids is 1. The van der Waals surface area contributed by atoms with Crippen molar-refractivity contribution >= 4 is 27.9 Å². The Morgan fingerprint density at radius 2 is 1.48 bits per heavy atom. The summed E-state index contributed by atoms with van der Waals surface area (Å²) in [7, 11) is 0. The molecule has 0 heterocycles. The Hall–Kier alpha value is -2.96. The van der Waals surface area contributed by atoms with Crippen molar-refractivity contribution < 1.29 is 19.4 Å². The third-order valence-electron chi connectivity index (χ3n) is 5.72. The van der Waals surface area contributed by atoms with Crippen LogP contribution < -0.4 is 5.73 Å². The van der Waals surface area contributed by atoms with Gasteiger partial charge in [0.15, 0.2) is 5.92 Å². The molecule has 0 radical (unpaired) electrons. The lowest BCUT2D eigenvalue weighted by Crippen LogP contribution is -2.43. The van der Waals surface area contributed by atoms with Crippen LogP contribution in [0.25, 0.3) is 11.1 Å². The van der Waals surface area contributed by atoms with Crippen molar-refractivity contribution in [3.05, 3.63) is 94.0 Å². The molecular formula is C25H22BrNO4. The summed E-state index contributed by atoms with van der Waals surface area (Å²) in [5, 5.41) is 9.68. The van der Waals surface area contributed by atoms with Crippen LogP contribution in [0.3, 0.4) is 0 Å². The number of halogens is 1. The zero-order valence-electron chi connectivity index (χ0n) is 16.7. The number of carbonyl (C=O) groups is 2. The fourth-order valence-electron chi connectivity index (χ4n) is 4.19. The number of rotatable bonds is 7. The molecule has 0 saturated carbocycles. The van der Waals surface area contributed by atoms with Crippen LogP contribution in [0.2, 0.25) is 0 Å². The monoisotopic (exact) mass is 479 g/mol. The first-order chi connectivity index (χ1) is 15.0. The zero-order valence-corrected chi connectivity index (χ0v) is 18.3. The van der Waals surface area contributed by atoms with Crippen molar-refractivity contribution in [1.29, 1.82) is 0 Å². The number of fused-ring (bicyclic) bond motifs is 3. The van der Waals surface area contributed by atoms with Crippen molar-refractivity contribution in [3.63, 3.8) is 0 Å². The molecule has 3 N–H and O–H groups in total. The number of hydrogen-bond donors (Lipinski definition) is 2. The van der Waals surface area contributed by atoms with E-state index in [9.17, 15) is 14.7 Å². The summed E-state index contributed by atoms with van der Waals surface area (Å²) >= 11 is 3.43. The van der Waals surface area contributed by atoms with Crippen LogP contribution in [0.5, 0.6) is 0 Å². The summed E-state index contributed by atoms with van der Waals surface area (Å²) in [6.07, 6.45) is 0.239. The van der Waals surface area contributed by atoms with Crippen LogP contribution in [0, 0.1) is 5.92 Å². The predicted molar refractivity (Wildman–Crippen MR) is 122 cm³/mol. The van der Waals surface area contributed by atoms with Gasteiger partial charge >= 0.3 is 11.9 Å². The zero-order chi connectivity index (χ0) is 22.0. The van der Waals surface area contributed by atoms with Crippen molar-refractivity contribution in [1.82, 2.24) is 0 Å². The van der Waals surface area contributed by atoms with Crippen LogP contribution in [0.4, 0.5) is 0 Å². The quantitative estimate of drug-likeness (QED) is 0.387. The lowest BCUT2D eigenvalue weighted by atomic mass is 9.94. The molecule has 1 unspecified atom stereocenters. The molecule has 0 saturated heterocycles. The molecule has 3 aromatic carbocycles. The van der Waals surface area contributed by atoms with Crippen LogP contribution >= 0.6 is 15.9 Å². The van der Waals surface area contributed by atoms with Gasteiger partial charge in [0.1, 0.15) is 6.61 Å². The molecule has 6 heteroatoms. The summed E-state index contributed by atoms with van der Waals surface area (Å²) in [6, 6.07) is 22.5. The maximum atomic E-state index is 12.8. The van der Waals surface area contributed by atoms with E-state index in [1.807, 2.05) is 72.8 Å². The fraction of sp³-hybridized carbons (Fsp3) is 0.200. The molecular weight excluding hydrogens is 458 g/mol. The Kier molecular flexibility index (Phi) is 6.20. The van der Waals surface area contributed by atoms with E-state index in [0.717, 1.165) is 32.3 Å². The Balaban J connectivity index is 1.50. The number of carboxylic acid groups (broad SMARTS) is 1. The molecule has 0 spiro atoms. The first-order valence-corrected chi connectivity index (χ1v) is 10.8. The van der Waals surface area contributed by atoms with E-state index in [1.165, 1.54) is 0 Å². The highest BCUT2D eigenvalue weighted by atomic mass is 79.9. The molecule has 158 valence electrons. The van der Waals surface area contributed by atoms with Crippen molar-refractivity contribution in [2.75, 3.05) is 6.61 Å². The number of aliphatic carboxylic acids is 1. The molecule has 31 heavy (non-hydrogen) atoms. The molecule has 0 aromatic heterocycles. The van der Waals surface area contributed by atoms with Crippen LogP contribution in [-0.2, 0) is 20.7 Å². The molecule has 1 aliphatic rings. The molecule has 1 aliphatic carbocycles. The van der Waals surface area contributed by atoms with Gasteiger partial charge in [0.25, 0.3) is 0 Å². The predicted octanol–water partition coefficient (Wildman–Crippen LogP) is 4.38. The molecule has 0 fully saturated rings. The van der Waals surface area contributed by atoms with Crippen LogP contribution in [0.15, 0.2) is 77.3 Å². The van der Waals surface area contributed by atoms with Gasteiger partial charge in [0.2, 0.25) is 0 Å². The maximum Gasteiger partial charge on any atom is 0.321 e. The highest BCUT2D eigenvalue weighted by Crippen LogP contribution is 2.44. The average molecular weight is 480 g/mol. The Labute approximate surface area is 189 Å². The van der Waals surface area contributed by atoms with E-state index in [0.29, 0.717) is 0 Å². The van der Waals surface area contributed by atoms with E-state index in [4.69, 9.17) is 10.5 Å². The largest absolute Gasteiger partial charge is 0.481 e. The van der Waals surface area contributed by atoms with Gasteiger partial charge in [-0.2, -0.15) is 0 Å². The minimum atomic E-state index is -1.45. The van der Waals surface area contributed by atoms with Gasteiger partial charge < -0.3 is 15.6 Å². The van der Waals surface area contributed by atoms with Crippen molar-refractivity contribution in [3.8, 4) is 11.1 Å². The summed E-state index contributed by atoms with van der Waals surface area (Å²) in [5.74, 6) is -3.67. The highest BCUT2D eigenvalue weighted by Gasteiger charge is 2.36. The smallest absolute Gasteiger partial charge is 0.321 e. The number of ether oxygens (including phenoxy) is 1. The summed E-state index contributed by atoms with van der Waals surface area (Å²) in [5.41, 5.74) is 11.4. The number of esters is 1. The van der Waals surface area contributed by atoms with E-state index < -0.39 is 23.9 Å². The number of nitrogens with two attached hydrogens (primary N) is 1. The molecule has 0 amide bonds. The highest BCUT2D eigenvalue weighted by molar-refractivity contribution is 9.10. The molecule has 0 aliphatic heterocycles. The topological polar surface area (TPSA) is 89.6 Å². The average Bonchev–Trinajstić information content (AvgIpc) is 3.07. The van der Waals surface area contributed by atoms with Gasteiger partial charge in [0.05, 0.1) is 0 Å². The molecule has 5 nitrogen and oxygen atoms in total. The van der Waals surface area contributed by atoms with Gasteiger partial charge in [-0.05, 0) is 40.3 Å². The van der Waals surface area contributed by atoms with Gasteiger partial charge in [-0.1, -0.05) is 82.7 Å². The van der Waals surface area contributed by atoms with E-state index in [-0.39, 0.29) is 18.9 Å². The second kappa shape index (κ2) is 9.04. The minimum absolute atomic E-state index is 0.0678. The summed E-state index contributed by atoms with van der Waals surface area (Å²) in [6.45, 7) is 0.0678. The Morgan fingerprint density at radius 3 is 2.06 bits per heavy atom. The lowest BCUT2D eigenvalue weighted by Gasteiger charge is -2.21. The number of carboxylic acids is 1. The maximum absolute atomic E-state index is 12.8.